The normalized spacial score (nSPS) is 13.4. The maximum absolute atomic E-state index is 13.2. The average Bonchev–Trinajstić information content (AvgIpc) is 2.37. The minimum absolute atomic E-state index is 0.148. The van der Waals surface area contributed by atoms with E-state index in [1.165, 1.54) is 0 Å². The third-order valence-corrected chi connectivity index (χ3v) is 5.30. The van der Waals surface area contributed by atoms with E-state index in [1.54, 1.807) is 13.8 Å². The van der Waals surface area contributed by atoms with Crippen molar-refractivity contribution in [2.24, 2.45) is 0 Å². The van der Waals surface area contributed by atoms with Crippen molar-refractivity contribution in [2.45, 2.75) is 31.2 Å². The molecule has 1 aromatic rings. The zero-order chi connectivity index (χ0) is 15.5. The summed E-state index contributed by atoms with van der Waals surface area (Å²) in [5, 5.41) is 8.70. The molecule has 0 heterocycles. The fraction of sp³-hybridized carbons (Fsp3) is 0.417. The van der Waals surface area contributed by atoms with Gasteiger partial charge in [0, 0.05) is 6.04 Å². The Bertz CT molecular complexity index is 605. The number of nitrogens with zero attached hydrogens (tertiary/aromatic N) is 1. The van der Waals surface area contributed by atoms with Gasteiger partial charge < -0.3 is 5.11 Å². The zero-order valence-corrected chi connectivity index (χ0v) is 12.6. The van der Waals surface area contributed by atoms with E-state index in [-0.39, 0.29) is 5.02 Å². The van der Waals surface area contributed by atoms with Gasteiger partial charge in [-0.05, 0) is 31.5 Å². The number of carboxylic acid groups (broad SMARTS) is 1. The molecule has 0 saturated heterocycles. The summed E-state index contributed by atoms with van der Waals surface area (Å²) in [4.78, 5) is 10.4. The van der Waals surface area contributed by atoms with Crippen LogP contribution in [-0.4, -0.2) is 36.4 Å². The summed E-state index contributed by atoms with van der Waals surface area (Å²) in [6.45, 7) is 2.60. The second-order valence-corrected chi connectivity index (χ2v) is 6.54. The van der Waals surface area contributed by atoms with Gasteiger partial charge in [-0.25, -0.2) is 12.8 Å². The summed E-state index contributed by atoms with van der Waals surface area (Å²) in [6.07, 6.45) is 0.416. The first kappa shape index (κ1) is 16.9. The highest BCUT2D eigenvalue weighted by atomic mass is 35.5. The number of hydrogen-bond acceptors (Lipinski definition) is 3. The first-order valence-electron chi connectivity index (χ1n) is 5.88. The first-order chi connectivity index (χ1) is 9.20. The van der Waals surface area contributed by atoms with Crippen LogP contribution < -0.4 is 0 Å². The number of rotatable bonds is 6. The minimum Gasteiger partial charge on any atom is -0.480 e. The molecule has 1 N–H and O–H groups in total. The lowest BCUT2D eigenvalue weighted by atomic mass is 10.2. The summed E-state index contributed by atoms with van der Waals surface area (Å²) >= 11 is 5.79. The average molecular weight is 324 g/mol. The van der Waals surface area contributed by atoms with Gasteiger partial charge in [0.2, 0.25) is 10.0 Å². The Morgan fingerprint density at radius 3 is 2.60 bits per heavy atom. The highest BCUT2D eigenvalue weighted by Crippen LogP contribution is 2.27. The molecule has 0 aliphatic rings. The van der Waals surface area contributed by atoms with Crippen LogP contribution in [0.3, 0.4) is 0 Å². The lowest BCUT2D eigenvalue weighted by Gasteiger charge is -2.26. The van der Waals surface area contributed by atoms with Crippen molar-refractivity contribution in [2.75, 3.05) is 6.54 Å². The van der Waals surface area contributed by atoms with Crippen LogP contribution in [-0.2, 0) is 14.8 Å². The predicted molar refractivity (Wildman–Crippen MR) is 72.7 cm³/mol. The zero-order valence-electron chi connectivity index (χ0n) is 11.0. The van der Waals surface area contributed by atoms with Crippen LogP contribution in [0.1, 0.15) is 20.3 Å². The van der Waals surface area contributed by atoms with Crippen molar-refractivity contribution < 1.29 is 22.7 Å². The van der Waals surface area contributed by atoms with Gasteiger partial charge in [-0.1, -0.05) is 18.5 Å². The molecular weight excluding hydrogens is 309 g/mol. The number of carbonyl (C=O) groups is 1. The number of aliphatic carboxylic acids is 1. The summed E-state index contributed by atoms with van der Waals surface area (Å²) < 4.78 is 38.9. The Labute approximate surface area is 122 Å². The standard InChI is InChI=1S/C12H15ClFNO4S/c1-3-8(2)15(7-12(16)17)20(18,19)11-6-9(14)4-5-10(11)13/h4-6,8H,3,7H2,1-2H3,(H,16,17). The SMILES string of the molecule is CCC(C)N(CC(=O)O)S(=O)(=O)c1cc(F)ccc1Cl. The van der Waals surface area contributed by atoms with Crippen LogP contribution >= 0.6 is 11.6 Å². The predicted octanol–water partition coefficient (Wildman–Crippen LogP) is 2.35. The smallest absolute Gasteiger partial charge is 0.318 e. The summed E-state index contributed by atoms with van der Waals surface area (Å²) in [5.74, 6) is -2.05. The summed E-state index contributed by atoms with van der Waals surface area (Å²) in [5.41, 5.74) is 0. The lowest BCUT2D eigenvalue weighted by molar-refractivity contribution is -0.137. The Hall–Kier alpha value is -1.18. The van der Waals surface area contributed by atoms with E-state index in [9.17, 15) is 17.6 Å². The molecule has 0 amide bonds. The topological polar surface area (TPSA) is 74.7 Å². The molecular formula is C12H15ClFNO4S. The van der Waals surface area contributed by atoms with E-state index in [1.807, 2.05) is 0 Å². The van der Waals surface area contributed by atoms with Gasteiger partial charge in [-0.15, -0.1) is 0 Å². The fourth-order valence-electron chi connectivity index (χ4n) is 1.62. The molecule has 5 nitrogen and oxygen atoms in total. The Morgan fingerprint density at radius 1 is 1.50 bits per heavy atom. The van der Waals surface area contributed by atoms with Crippen molar-refractivity contribution in [1.29, 1.82) is 0 Å². The molecule has 0 fully saturated rings. The molecule has 1 unspecified atom stereocenters. The quantitative estimate of drug-likeness (QED) is 0.872. The van der Waals surface area contributed by atoms with E-state index in [2.05, 4.69) is 0 Å². The highest BCUT2D eigenvalue weighted by molar-refractivity contribution is 7.89. The third kappa shape index (κ3) is 3.68. The van der Waals surface area contributed by atoms with E-state index in [4.69, 9.17) is 16.7 Å². The molecule has 0 aliphatic carbocycles. The molecule has 0 aliphatic heterocycles. The number of benzene rings is 1. The van der Waals surface area contributed by atoms with E-state index < -0.39 is 39.3 Å². The first-order valence-corrected chi connectivity index (χ1v) is 7.70. The fourth-order valence-corrected chi connectivity index (χ4v) is 3.76. The van der Waals surface area contributed by atoms with Gasteiger partial charge in [-0.2, -0.15) is 4.31 Å². The van der Waals surface area contributed by atoms with E-state index in [0.29, 0.717) is 6.42 Å². The van der Waals surface area contributed by atoms with Crippen LogP contribution in [0.25, 0.3) is 0 Å². The maximum Gasteiger partial charge on any atom is 0.318 e. The van der Waals surface area contributed by atoms with Gasteiger partial charge in [0.25, 0.3) is 0 Å². The number of carboxylic acids is 1. The van der Waals surface area contributed by atoms with Crippen molar-refractivity contribution in [3.8, 4) is 0 Å². The molecule has 112 valence electrons. The lowest BCUT2D eigenvalue weighted by Crippen LogP contribution is -2.41. The largest absolute Gasteiger partial charge is 0.480 e. The highest BCUT2D eigenvalue weighted by Gasteiger charge is 2.32. The second-order valence-electron chi connectivity index (χ2n) is 4.28. The van der Waals surface area contributed by atoms with Crippen LogP contribution in [0, 0.1) is 5.82 Å². The van der Waals surface area contributed by atoms with Crippen LogP contribution in [0.2, 0.25) is 5.02 Å². The number of halogens is 2. The monoisotopic (exact) mass is 323 g/mol. The van der Waals surface area contributed by atoms with Gasteiger partial charge in [-0.3, -0.25) is 4.79 Å². The molecule has 1 aromatic carbocycles. The molecule has 0 aromatic heterocycles. The van der Waals surface area contributed by atoms with E-state index >= 15 is 0 Å². The van der Waals surface area contributed by atoms with Crippen molar-refractivity contribution in [1.82, 2.24) is 4.31 Å². The van der Waals surface area contributed by atoms with Crippen LogP contribution in [0.4, 0.5) is 4.39 Å². The van der Waals surface area contributed by atoms with Crippen molar-refractivity contribution in [3.05, 3.63) is 29.0 Å². The second kappa shape index (κ2) is 6.51. The molecule has 1 atom stereocenters. The molecule has 1 rings (SSSR count). The number of hydrogen-bond donors (Lipinski definition) is 1. The summed E-state index contributed by atoms with van der Waals surface area (Å²) in [7, 11) is -4.18. The molecule has 20 heavy (non-hydrogen) atoms. The van der Waals surface area contributed by atoms with Crippen molar-refractivity contribution >= 4 is 27.6 Å². The Morgan fingerprint density at radius 2 is 2.10 bits per heavy atom. The Balaban J connectivity index is 3.35. The molecule has 0 bridgehead atoms. The van der Waals surface area contributed by atoms with Gasteiger partial charge in [0.15, 0.2) is 0 Å². The molecule has 0 saturated carbocycles. The summed E-state index contributed by atoms with van der Waals surface area (Å²) in [6, 6.07) is 2.40. The Kier molecular flexibility index (Phi) is 5.50. The van der Waals surface area contributed by atoms with Crippen LogP contribution in [0.15, 0.2) is 23.1 Å². The van der Waals surface area contributed by atoms with Crippen LogP contribution in [0.5, 0.6) is 0 Å². The molecule has 8 heteroatoms. The van der Waals surface area contributed by atoms with Crippen molar-refractivity contribution in [3.63, 3.8) is 0 Å². The third-order valence-electron chi connectivity index (χ3n) is 2.85. The van der Waals surface area contributed by atoms with E-state index in [0.717, 1.165) is 22.5 Å². The minimum atomic E-state index is -4.18. The maximum atomic E-state index is 13.2. The molecule has 0 spiro atoms. The molecule has 0 radical (unpaired) electrons. The van der Waals surface area contributed by atoms with Gasteiger partial charge in [0.05, 0.1) is 5.02 Å². The number of sulfonamides is 1. The van der Waals surface area contributed by atoms with Gasteiger partial charge >= 0.3 is 5.97 Å². The van der Waals surface area contributed by atoms with Gasteiger partial charge in [0.1, 0.15) is 17.3 Å².